The molecule has 0 aromatic carbocycles. The third-order valence-corrected chi connectivity index (χ3v) is 3.70. The number of anilines is 2. The summed E-state index contributed by atoms with van der Waals surface area (Å²) in [5, 5.41) is 6.66. The van der Waals surface area contributed by atoms with Gasteiger partial charge in [0.1, 0.15) is 5.82 Å². The predicted octanol–water partition coefficient (Wildman–Crippen LogP) is 2.27. The van der Waals surface area contributed by atoms with Crippen molar-refractivity contribution in [3.63, 3.8) is 0 Å². The lowest BCUT2D eigenvalue weighted by Gasteiger charge is -2.38. The van der Waals surface area contributed by atoms with Gasteiger partial charge >= 0.3 is 0 Å². The molecule has 2 N–H and O–H groups in total. The second-order valence-corrected chi connectivity index (χ2v) is 4.93. The van der Waals surface area contributed by atoms with Crippen LogP contribution in [0.5, 0.6) is 0 Å². The van der Waals surface area contributed by atoms with Gasteiger partial charge in [-0.3, -0.25) is 4.79 Å². The maximum atomic E-state index is 12.1. The molecule has 0 radical (unpaired) electrons. The van der Waals surface area contributed by atoms with E-state index < -0.39 is 0 Å². The average molecular weight is 238 g/mol. The topological polar surface area (TPSA) is 54.0 Å². The van der Waals surface area contributed by atoms with Gasteiger partial charge in [-0.05, 0) is 18.9 Å². The van der Waals surface area contributed by atoms with E-state index in [1.54, 1.807) is 12.3 Å². The van der Waals surface area contributed by atoms with Crippen LogP contribution in [0.3, 0.4) is 0 Å². The number of carbonyl (C=O) groups is 1. The fourth-order valence-electron chi connectivity index (χ4n) is 2.27. The van der Waals surface area contributed by atoms with E-state index in [1.165, 1.54) is 0 Å². The predicted molar refractivity (Wildman–Crippen MR) is 62.7 cm³/mol. The van der Waals surface area contributed by atoms with Crippen molar-refractivity contribution in [1.82, 2.24) is 4.98 Å². The van der Waals surface area contributed by atoms with Gasteiger partial charge in [0.2, 0.25) is 5.91 Å². The van der Waals surface area contributed by atoms with Gasteiger partial charge in [0.15, 0.2) is 0 Å². The van der Waals surface area contributed by atoms with E-state index in [1.807, 2.05) is 0 Å². The average Bonchev–Trinajstić information content (AvgIpc) is 2.32. The Morgan fingerprint density at radius 2 is 2.25 bits per heavy atom. The van der Waals surface area contributed by atoms with Gasteiger partial charge in [0, 0.05) is 12.7 Å². The number of fused-ring (bicyclic) bond motifs is 1. The number of hydrogen-bond acceptors (Lipinski definition) is 3. The van der Waals surface area contributed by atoms with E-state index >= 15 is 0 Å². The minimum atomic E-state index is -0.229. The summed E-state index contributed by atoms with van der Waals surface area (Å²) in [5.74, 6) is 0.801. The molecule has 1 aliphatic carbocycles. The molecule has 2 aliphatic rings. The Morgan fingerprint density at radius 1 is 1.44 bits per heavy atom. The van der Waals surface area contributed by atoms with Crippen LogP contribution in [0.4, 0.5) is 11.5 Å². The van der Waals surface area contributed by atoms with E-state index in [-0.39, 0.29) is 11.3 Å². The molecule has 1 fully saturated rings. The highest BCUT2D eigenvalue weighted by Gasteiger charge is 2.45. The van der Waals surface area contributed by atoms with Crippen LogP contribution in [-0.4, -0.2) is 17.4 Å². The Morgan fingerprint density at radius 3 is 2.94 bits per heavy atom. The van der Waals surface area contributed by atoms with E-state index in [4.69, 9.17) is 11.6 Å². The molecule has 0 atom stereocenters. The minimum Gasteiger partial charge on any atom is -0.367 e. The summed E-state index contributed by atoms with van der Waals surface area (Å²) in [6.45, 7) is 0.667. The first-order valence-electron chi connectivity index (χ1n) is 5.41. The maximum Gasteiger partial charge on any atom is 0.232 e. The first kappa shape index (κ1) is 9.90. The van der Waals surface area contributed by atoms with Crippen molar-refractivity contribution >= 4 is 29.0 Å². The van der Waals surface area contributed by atoms with Gasteiger partial charge in [0.05, 0.1) is 16.1 Å². The van der Waals surface area contributed by atoms with Gasteiger partial charge in [-0.2, -0.15) is 0 Å². The van der Waals surface area contributed by atoms with E-state index in [0.29, 0.717) is 23.1 Å². The second-order valence-electron chi connectivity index (χ2n) is 4.49. The highest BCUT2D eigenvalue weighted by atomic mass is 35.5. The Kier molecular flexibility index (Phi) is 2.07. The molecule has 5 heteroatoms. The Labute approximate surface area is 98.4 Å². The van der Waals surface area contributed by atoms with Crippen LogP contribution in [-0.2, 0) is 4.79 Å². The number of pyridine rings is 1. The highest BCUT2D eigenvalue weighted by Crippen LogP contribution is 2.44. The number of halogens is 1. The van der Waals surface area contributed by atoms with Crippen molar-refractivity contribution < 1.29 is 4.79 Å². The molecule has 4 nitrogen and oxygen atoms in total. The Balaban J connectivity index is 1.97. The van der Waals surface area contributed by atoms with Crippen molar-refractivity contribution in [3.8, 4) is 0 Å². The number of aromatic nitrogens is 1. The second kappa shape index (κ2) is 3.35. The van der Waals surface area contributed by atoms with Crippen molar-refractivity contribution in [2.75, 3.05) is 17.2 Å². The van der Waals surface area contributed by atoms with Gasteiger partial charge in [-0.15, -0.1) is 0 Å². The number of carbonyl (C=O) groups excluding carboxylic acids is 1. The number of rotatable bonds is 0. The van der Waals surface area contributed by atoms with E-state index in [9.17, 15) is 4.79 Å². The molecule has 0 unspecified atom stereocenters. The van der Waals surface area contributed by atoms with Gasteiger partial charge in [-0.25, -0.2) is 4.98 Å². The van der Waals surface area contributed by atoms with Crippen LogP contribution in [0.2, 0.25) is 5.02 Å². The van der Waals surface area contributed by atoms with Crippen LogP contribution in [0, 0.1) is 5.41 Å². The zero-order valence-corrected chi connectivity index (χ0v) is 9.47. The molecule has 1 saturated carbocycles. The summed E-state index contributed by atoms with van der Waals surface area (Å²) in [7, 11) is 0. The summed E-state index contributed by atoms with van der Waals surface area (Å²) in [6.07, 6.45) is 4.61. The number of hydrogen-bond donors (Lipinski definition) is 2. The number of nitrogens with one attached hydrogen (secondary N) is 2. The van der Waals surface area contributed by atoms with Crippen molar-refractivity contribution in [2.24, 2.45) is 5.41 Å². The van der Waals surface area contributed by atoms with Crippen LogP contribution in [0.1, 0.15) is 19.3 Å². The fraction of sp³-hybridized carbons (Fsp3) is 0.455. The molecule has 0 saturated heterocycles. The van der Waals surface area contributed by atoms with Gasteiger partial charge in [-0.1, -0.05) is 18.0 Å². The first-order chi connectivity index (χ1) is 7.70. The SMILES string of the molecule is O=C1Nc2cc(Cl)cnc2NCC12CCC2. The van der Waals surface area contributed by atoms with Crippen molar-refractivity contribution in [1.29, 1.82) is 0 Å². The van der Waals surface area contributed by atoms with E-state index in [2.05, 4.69) is 15.6 Å². The molecule has 1 aliphatic heterocycles. The molecule has 1 aromatic rings. The van der Waals surface area contributed by atoms with Crippen LogP contribution >= 0.6 is 11.6 Å². The smallest absolute Gasteiger partial charge is 0.232 e. The first-order valence-corrected chi connectivity index (χ1v) is 5.78. The third-order valence-electron chi connectivity index (χ3n) is 3.49. The molecule has 0 bridgehead atoms. The quantitative estimate of drug-likeness (QED) is 0.728. The molecule has 16 heavy (non-hydrogen) atoms. The molecule has 1 aromatic heterocycles. The molecule has 1 spiro atoms. The monoisotopic (exact) mass is 237 g/mol. The molecule has 3 rings (SSSR count). The largest absolute Gasteiger partial charge is 0.367 e. The zero-order chi connectivity index (χ0) is 11.2. The Bertz CT molecular complexity index is 457. The zero-order valence-electron chi connectivity index (χ0n) is 8.72. The lowest BCUT2D eigenvalue weighted by molar-refractivity contribution is -0.129. The summed E-state index contributed by atoms with van der Waals surface area (Å²) in [5.41, 5.74) is 0.453. The summed E-state index contributed by atoms with van der Waals surface area (Å²) >= 11 is 5.86. The normalized spacial score (nSPS) is 21.4. The Hall–Kier alpha value is -1.29. The van der Waals surface area contributed by atoms with Gasteiger partial charge < -0.3 is 10.6 Å². The standard InChI is InChI=1S/C11H12ClN3O/c12-7-4-8-9(13-5-7)14-6-11(2-1-3-11)10(16)15-8/h4-5H,1-3,6H2,(H,13,14)(H,15,16). The lowest BCUT2D eigenvalue weighted by Crippen LogP contribution is -2.45. The number of nitrogens with zero attached hydrogens (tertiary/aromatic N) is 1. The molecule has 84 valence electrons. The van der Waals surface area contributed by atoms with Crippen LogP contribution in [0.15, 0.2) is 12.3 Å². The van der Waals surface area contributed by atoms with Crippen LogP contribution in [0.25, 0.3) is 0 Å². The van der Waals surface area contributed by atoms with Crippen molar-refractivity contribution in [2.45, 2.75) is 19.3 Å². The molecular weight excluding hydrogens is 226 g/mol. The number of amides is 1. The van der Waals surface area contributed by atoms with Gasteiger partial charge in [0.25, 0.3) is 0 Å². The summed E-state index contributed by atoms with van der Waals surface area (Å²) < 4.78 is 0. The third kappa shape index (κ3) is 1.37. The van der Waals surface area contributed by atoms with Crippen LogP contribution < -0.4 is 10.6 Å². The lowest BCUT2D eigenvalue weighted by atomic mass is 9.68. The molecular formula is C11H12ClN3O. The molecule has 2 heterocycles. The minimum absolute atomic E-state index is 0.0917. The highest BCUT2D eigenvalue weighted by molar-refractivity contribution is 6.31. The summed E-state index contributed by atoms with van der Waals surface area (Å²) in [6, 6.07) is 1.73. The molecule has 1 amide bonds. The summed E-state index contributed by atoms with van der Waals surface area (Å²) in [4.78, 5) is 16.2. The fourth-order valence-corrected chi connectivity index (χ4v) is 2.43. The maximum absolute atomic E-state index is 12.1. The van der Waals surface area contributed by atoms with E-state index in [0.717, 1.165) is 19.3 Å². The van der Waals surface area contributed by atoms with Crippen molar-refractivity contribution in [3.05, 3.63) is 17.3 Å².